The van der Waals surface area contributed by atoms with Crippen LogP contribution < -0.4 is 0 Å². The lowest BCUT2D eigenvalue weighted by atomic mass is 9.82. The lowest BCUT2D eigenvalue weighted by Crippen LogP contribution is -2.14. The predicted molar refractivity (Wildman–Crippen MR) is 242 cm³/mol. The van der Waals surface area contributed by atoms with Crippen LogP contribution in [0.2, 0.25) is 0 Å². The molecule has 3 aromatic heterocycles. The number of rotatable bonds is 5. The molecule has 0 aliphatic heterocycles. The van der Waals surface area contributed by atoms with Crippen LogP contribution in [0.5, 0.6) is 0 Å². The molecular formula is C54H38N4O. The van der Waals surface area contributed by atoms with E-state index in [0.717, 1.165) is 79.6 Å². The van der Waals surface area contributed by atoms with Gasteiger partial charge < -0.3 is 8.98 Å². The number of hydrogen-bond donors (Lipinski definition) is 0. The third-order valence-electron chi connectivity index (χ3n) is 12.5. The van der Waals surface area contributed by atoms with Crippen molar-refractivity contribution < 1.29 is 4.42 Å². The Morgan fingerprint density at radius 3 is 2.05 bits per heavy atom. The monoisotopic (exact) mass is 758 g/mol. The Bertz CT molecular complexity index is 3420. The van der Waals surface area contributed by atoms with Crippen LogP contribution in [0.4, 0.5) is 0 Å². The fourth-order valence-corrected chi connectivity index (χ4v) is 9.61. The molecule has 10 aromatic rings. The molecule has 0 fully saturated rings. The van der Waals surface area contributed by atoms with Gasteiger partial charge in [0.05, 0.1) is 16.7 Å². The maximum absolute atomic E-state index is 7.12. The zero-order valence-electron chi connectivity index (χ0n) is 32.8. The van der Waals surface area contributed by atoms with Crippen molar-refractivity contribution in [3.8, 4) is 50.7 Å². The second-order valence-corrected chi connectivity index (χ2v) is 16.3. The first kappa shape index (κ1) is 33.7. The number of nitrogens with zero attached hydrogens (tertiary/aromatic N) is 4. The Hall–Kier alpha value is -7.37. The van der Waals surface area contributed by atoms with Crippen molar-refractivity contribution in [3.63, 3.8) is 0 Å². The smallest absolute Gasteiger partial charge is 0.164 e. The summed E-state index contributed by atoms with van der Waals surface area (Å²) in [5.41, 5.74) is 15.4. The van der Waals surface area contributed by atoms with Crippen molar-refractivity contribution in [2.75, 3.05) is 0 Å². The minimum atomic E-state index is -0.118. The van der Waals surface area contributed by atoms with E-state index in [-0.39, 0.29) is 5.41 Å². The maximum Gasteiger partial charge on any atom is 0.164 e. The van der Waals surface area contributed by atoms with Gasteiger partial charge in [0, 0.05) is 43.7 Å². The summed E-state index contributed by atoms with van der Waals surface area (Å²) in [6, 6.07) is 54.1. The molecule has 5 nitrogen and oxygen atoms in total. The topological polar surface area (TPSA) is 56.7 Å². The van der Waals surface area contributed by atoms with E-state index in [4.69, 9.17) is 19.4 Å². The minimum Gasteiger partial charge on any atom is -0.453 e. The summed E-state index contributed by atoms with van der Waals surface area (Å²) in [7, 11) is 0. The fraction of sp³-hybridized carbons (Fsp3) is 0.0926. The third kappa shape index (κ3) is 5.14. The number of benzene rings is 7. The Morgan fingerprint density at radius 1 is 0.508 bits per heavy atom. The first-order chi connectivity index (χ1) is 29.0. The van der Waals surface area contributed by atoms with E-state index in [1.807, 2.05) is 18.2 Å². The molecule has 0 unspecified atom stereocenters. The van der Waals surface area contributed by atoms with E-state index < -0.39 is 0 Å². The van der Waals surface area contributed by atoms with Crippen LogP contribution in [0.15, 0.2) is 174 Å². The van der Waals surface area contributed by atoms with Crippen molar-refractivity contribution >= 4 is 49.3 Å². The lowest BCUT2D eigenvalue weighted by molar-refractivity contribution is 0.660. The maximum atomic E-state index is 7.12. The molecule has 0 N–H and O–H groups in total. The minimum absolute atomic E-state index is 0.118. The summed E-state index contributed by atoms with van der Waals surface area (Å²) >= 11 is 0. The van der Waals surface area contributed by atoms with E-state index in [9.17, 15) is 0 Å². The molecule has 7 aromatic carbocycles. The second-order valence-electron chi connectivity index (χ2n) is 16.3. The van der Waals surface area contributed by atoms with Crippen molar-refractivity contribution in [1.82, 2.24) is 19.5 Å². The predicted octanol–water partition coefficient (Wildman–Crippen LogP) is 13.9. The average Bonchev–Trinajstić information content (AvgIpc) is 3.91. The summed E-state index contributed by atoms with van der Waals surface area (Å²) in [4.78, 5) is 15.1. The molecule has 0 spiro atoms. The molecule has 0 radical (unpaired) electrons. The number of allylic oxidation sites excluding steroid dienone is 4. The van der Waals surface area contributed by atoms with Gasteiger partial charge >= 0.3 is 0 Å². The van der Waals surface area contributed by atoms with Crippen LogP contribution in [-0.4, -0.2) is 19.5 Å². The van der Waals surface area contributed by atoms with Gasteiger partial charge in [-0.25, -0.2) is 15.0 Å². The summed E-state index contributed by atoms with van der Waals surface area (Å²) in [5, 5.41) is 4.63. The standard InChI is InChI=1S/C54H38N4O/c1-54(2)44-27-11-9-22-38(44)42-31-43-39-23-10-12-28-46(39)58(48(43)32-45(42)54)47-29-15-26-41-40-25-14-24-37(49(40)59-50(41)47)35-20-13-21-36(30-35)53-56-51(33-16-5-3-6-17-33)55-52(57-53)34-18-7-4-8-19-34/h3-7,9-18,20-32H,8,19H2,1-2H3. The van der Waals surface area contributed by atoms with Crippen LogP contribution in [0.1, 0.15) is 43.6 Å². The molecule has 5 heteroatoms. The van der Waals surface area contributed by atoms with Gasteiger partial charge in [0.25, 0.3) is 0 Å². The fourth-order valence-electron chi connectivity index (χ4n) is 9.61. The van der Waals surface area contributed by atoms with Crippen molar-refractivity contribution in [3.05, 3.63) is 187 Å². The highest BCUT2D eigenvalue weighted by atomic mass is 16.3. The Kier molecular flexibility index (Phi) is 7.33. The number of fused-ring (bicyclic) bond motifs is 9. The molecular weight excluding hydrogens is 721 g/mol. The molecule has 2 aliphatic rings. The van der Waals surface area contributed by atoms with Gasteiger partial charge in [-0.1, -0.05) is 153 Å². The van der Waals surface area contributed by atoms with Gasteiger partial charge in [0.15, 0.2) is 23.1 Å². The van der Waals surface area contributed by atoms with Crippen LogP contribution in [0.25, 0.3) is 100 Å². The van der Waals surface area contributed by atoms with Gasteiger partial charge in [-0.05, 0) is 76.6 Å². The van der Waals surface area contributed by atoms with Gasteiger partial charge in [0.2, 0.25) is 0 Å². The quantitative estimate of drug-likeness (QED) is 0.175. The summed E-state index contributed by atoms with van der Waals surface area (Å²) in [5.74, 6) is 2.04. The molecule has 0 amide bonds. The zero-order chi connectivity index (χ0) is 39.2. The van der Waals surface area contributed by atoms with Crippen molar-refractivity contribution in [1.29, 1.82) is 0 Å². The van der Waals surface area contributed by atoms with E-state index in [0.29, 0.717) is 11.6 Å². The third-order valence-corrected chi connectivity index (χ3v) is 12.5. The van der Waals surface area contributed by atoms with Gasteiger partial charge in [-0.15, -0.1) is 0 Å². The molecule has 0 atom stereocenters. The van der Waals surface area contributed by atoms with E-state index >= 15 is 0 Å². The molecule has 0 saturated carbocycles. The highest BCUT2D eigenvalue weighted by Crippen LogP contribution is 2.51. The molecule has 0 saturated heterocycles. The normalized spacial score (nSPS) is 14.3. The van der Waals surface area contributed by atoms with Gasteiger partial charge in [-0.3, -0.25) is 0 Å². The number of hydrogen-bond acceptors (Lipinski definition) is 4. The Labute approximate surface area is 341 Å². The largest absolute Gasteiger partial charge is 0.453 e. The molecule has 2 aliphatic carbocycles. The molecule has 280 valence electrons. The molecule has 3 heterocycles. The summed E-state index contributed by atoms with van der Waals surface area (Å²) in [6.07, 6.45) is 8.27. The Balaban J connectivity index is 1.03. The average molecular weight is 759 g/mol. The Morgan fingerprint density at radius 2 is 1.19 bits per heavy atom. The number of furan rings is 1. The van der Waals surface area contributed by atoms with Crippen molar-refractivity contribution in [2.45, 2.75) is 32.1 Å². The highest BCUT2D eigenvalue weighted by molar-refractivity contribution is 6.15. The van der Waals surface area contributed by atoms with Gasteiger partial charge in [0.1, 0.15) is 5.58 Å². The lowest BCUT2D eigenvalue weighted by Gasteiger charge is -2.21. The zero-order valence-corrected chi connectivity index (χ0v) is 32.8. The SMILES string of the molecule is CC1(C)c2ccccc2-c2cc3c4ccccc4n(-c4cccc5c4oc4c(-c6cccc(-c7nc(C8=CC=CCC8)nc(-c8ccccc8)n7)c6)cccc45)c3cc21. The molecule has 12 rings (SSSR count). The molecule has 0 bridgehead atoms. The first-order valence-electron chi connectivity index (χ1n) is 20.4. The van der Waals surface area contributed by atoms with Crippen LogP contribution in [0.3, 0.4) is 0 Å². The van der Waals surface area contributed by atoms with Crippen LogP contribution in [0, 0.1) is 0 Å². The van der Waals surface area contributed by atoms with Crippen LogP contribution >= 0.6 is 0 Å². The van der Waals surface area contributed by atoms with Crippen molar-refractivity contribution in [2.24, 2.45) is 0 Å². The number of aromatic nitrogens is 4. The first-order valence-corrected chi connectivity index (χ1v) is 20.4. The van der Waals surface area contributed by atoms with Gasteiger partial charge in [-0.2, -0.15) is 0 Å². The van der Waals surface area contributed by atoms with Crippen LogP contribution in [-0.2, 0) is 5.41 Å². The van der Waals surface area contributed by atoms with E-state index in [1.165, 1.54) is 38.5 Å². The number of para-hydroxylation sites is 3. The summed E-state index contributed by atoms with van der Waals surface area (Å²) in [6.45, 7) is 4.70. The molecule has 59 heavy (non-hydrogen) atoms. The summed E-state index contributed by atoms with van der Waals surface area (Å²) < 4.78 is 9.53. The second kappa shape index (κ2) is 12.8. The van der Waals surface area contributed by atoms with E-state index in [2.05, 4.69) is 170 Å². The highest BCUT2D eigenvalue weighted by Gasteiger charge is 2.36. The van der Waals surface area contributed by atoms with E-state index in [1.54, 1.807) is 0 Å².